The maximum atomic E-state index is 10.8. The number of carbonyl (C=O) groups is 1. The number of hydrogen-bond donors (Lipinski definition) is 3. The van der Waals surface area contributed by atoms with Crippen molar-refractivity contribution in [3.63, 3.8) is 0 Å². The van der Waals surface area contributed by atoms with Gasteiger partial charge in [-0.1, -0.05) is 6.08 Å². The number of rotatable bonds is 4. The maximum Gasteiger partial charge on any atom is 0.238 e. The van der Waals surface area contributed by atoms with Crippen molar-refractivity contribution in [3.8, 4) is 0 Å². The van der Waals surface area contributed by atoms with E-state index in [2.05, 4.69) is 24.5 Å². The van der Waals surface area contributed by atoms with Crippen LogP contribution in [0.4, 0.5) is 0 Å². The summed E-state index contributed by atoms with van der Waals surface area (Å²) in [7, 11) is 0. The number of carbonyl (C=O) groups excluding carboxylic acids is 1. The Morgan fingerprint density at radius 1 is 1.90 bits per heavy atom. The molecule has 1 atom stereocenters. The number of nitrogens with two attached hydrogens (primary N) is 1. The summed E-state index contributed by atoms with van der Waals surface area (Å²) in [5.41, 5.74) is 5.33. The molecule has 58 valence electrons. The van der Waals surface area contributed by atoms with Gasteiger partial charge in [0.05, 0.1) is 6.04 Å². The van der Waals surface area contributed by atoms with E-state index in [4.69, 9.17) is 5.73 Å². The lowest BCUT2D eigenvalue weighted by atomic mass is 10.3. The van der Waals surface area contributed by atoms with Gasteiger partial charge in [0.1, 0.15) is 0 Å². The molecule has 0 saturated carbocycles. The smallest absolute Gasteiger partial charge is 0.238 e. The van der Waals surface area contributed by atoms with Crippen LogP contribution in [0, 0.1) is 0 Å². The first kappa shape index (κ1) is 9.52. The van der Waals surface area contributed by atoms with Crippen molar-refractivity contribution < 1.29 is 4.79 Å². The molecule has 0 bridgehead atoms. The molecule has 0 aromatic rings. The summed E-state index contributed by atoms with van der Waals surface area (Å²) < 4.78 is 0. The molecule has 4 heteroatoms. The lowest BCUT2D eigenvalue weighted by Crippen LogP contribution is -2.41. The molecule has 0 aliphatic carbocycles. The molecule has 10 heavy (non-hydrogen) atoms. The molecule has 3 nitrogen and oxygen atoms in total. The van der Waals surface area contributed by atoms with Crippen LogP contribution in [0.3, 0.4) is 0 Å². The monoisotopic (exact) mass is 160 g/mol. The van der Waals surface area contributed by atoms with Crippen LogP contribution in [-0.2, 0) is 4.79 Å². The normalized spacial score (nSPS) is 12.2. The maximum absolute atomic E-state index is 10.8. The molecule has 1 amide bonds. The van der Waals surface area contributed by atoms with E-state index < -0.39 is 6.04 Å². The van der Waals surface area contributed by atoms with Gasteiger partial charge >= 0.3 is 0 Å². The zero-order valence-corrected chi connectivity index (χ0v) is 6.60. The molecule has 0 aromatic carbocycles. The van der Waals surface area contributed by atoms with Gasteiger partial charge in [0, 0.05) is 12.3 Å². The fourth-order valence-corrected chi connectivity index (χ4v) is 0.553. The lowest BCUT2D eigenvalue weighted by Gasteiger charge is -2.06. The Bertz CT molecular complexity index is 127. The summed E-state index contributed by atoms with van der Waals surface area (Å²) >= 11 is 3.87. The van der Waals surface area contributed by atoms with E-state index in [1.807, 2.05) is 0 Å². The highest BCUT2D eigenvalue weighted by molar-refractivity contribution is 7.80. The quantitative estimate of drug-likeness (QED) is 0.385. The summed E-state index contributed by atoms with van der Waals surface area (Å²) in [4.78, 5) is 10.8. The van der Waals surface area contributed by atoms with Gasteiger partial charge in [-0.15, -0.1) is 6.58 Å². The predicted octanol–water partition coefficient (Wildman–Crippen LogP) is -0.454. The molecule has 0 radical (unpaired) electrons. The highest BCUT2D eigenvalue weighted by Crippen LogP contribution is 1.82. The zero-order valence-electron chi connectivity index (χ0n) is 5.71. The van der Waals surface area contributed by atoms with Crippen LogP contribution >= 0.6 is 12.6 Å². The van der Waals surface area contributed by atoms with Crippen LogP contribution in [0.2, 0.25) is 0 Å². The second-order valence-corrected chi connectivity index (χ2v) is 2.19. The zero-order chi connectivity index (χ0) is 7.98. The Morgan fingerprint density at radius 2 is 2.50 bits per heavy atom. The second kappa shape index (κ2) is 5.32. The summed E-state index contributed by atoms with van der Waals surface area (Å²) in [5, 5.41) is 2.55. The molecule has 0 unspecified atom stereocenters. The number of thiol groups is 1. The van der Waals surface area contributed by atoms with E-state index in [0.29, 0.717) is 12.3 Å². The van der Waals surface area contributed by atoms with Crippen molar-refractivity contribution in [2.45, 2.75) is 6.04 Å². The molecule has 0 aromatic heterocycles. The van der Waals surface area contributed by atoms with Crippen molar-refractivity contribution in [2.24, 2.45) is 5.73 Å². The topological polar surface area (TPSA) is 55.1 Å². The van der Waals surface area contributed by atoms with Gasteiger partial charge in [-0.25, -0.2) is 0 Å². The van der Waals surface area contributed by atoms with Crippen molar-refractivity contribution in [3.05, 3.63) is 12.7 Å². The molecule has 0 fully saturated rings. The number of amides is 1. The minimum Gasteiger partial charge on any atom is -0.351 e. The van der Waals surface area contributed by atoms with Gasteiger partial charge < -0.3 is 11.1 Å². The van der Waals surface area contributed by atoms with Gasteiger partial charge in [0.15, 0.2) is 0 Å². The highest BCUT2D eigenvalue weighted by Gasteiger charge is 2.08. The van der Waals surface area contributed by atoms with E-state index >= 15 is 0 Å². The number of nitrogens with one attached hydrogen (secondary N) is 1. The van der Waals surface area contributed by atoms with Crippen LogP contribution in [0.5, 0.6) is 0 Å². The van der Waals surface area contributed by atoms with Crippen LogP contribution in [0.25, 0.3) is 0 Å². The molecular formula is C6H12N2OS. The highest BCUT2D eigenvalue weighted by atomic mass is 32.1. The van der Waals surface area contributed by atoms with Gasteiger partial charge in [-0.2, -0.15) is 12.6 Å². The molecule has 3 N–H and O–H groups in total. The molecule has 0 heterocycles. The predicted molar refractivity (Wildman–Crippen MR) is 45.0 cm³/mol. The standard InChI is InChI=1S/C6H12N2OS/c1-2-3-8-6(9)5(7)4-10/h2,5,10H,1,3-4,7H2,(H,8,9)/t5-/m0/s1. The van der Waals surface area contributed by atoms with Crippen molar-refractivity contribution in [1.29, 1.82) is 0 Å². The Kier molecular flexibility index (Phi) is 5.06. The molecule has 0 spiro atoms. The molecular weight excluding hydrogens is 148 g/mol. The average molecular weight is 160 g/mol. The van der Waals surface area contributed by atoms with Crippen LogP contribution < -0.4 is 11.1 Å². The number of hydrogen-bond acceptors (Lipinski definition) is 3. The van der Waals surface area contributed by atoms with Gasteiger partial charge in [0.2, 0.25) is 5.91 Å². The van der Waals surface area contributed by atoms with Gasteiger partial charge in [-0.3, -0.25) is 4.79 Å². The SMILES string of the molecule is C=CCNC(=O)[C@@H](N)CS. The minimum absolute atomic E-state index is 0.185. The first-order valence-electron chi connectivity index (χ1n) is 2.97. The molecule has 0 aliphatic heterocycles. The van der Waals surface area contributed by atoms with E-state index in [0.717, 1.165) is 0 Å². The first-order valence-corrected chi connectivity index (χ1v) is 3.60. The third kappa shape index (κ3) is 3.53. The fourth-order valence-electron chi connectivity index (χ4n) is 0.387. The largest absolute Gasteiger partial charge is 0.351 e. The third-order valence-electron chi connectivity index (χ3n) is 0.954. The first-order chi connectivity index (χ1) is 4.72. The van der Waals surface area contributed by atoms with Crippen LogP contribution in [0.15, 0.2) is 12.7 Å². The Balaban J connectivity index is 3.51. The lowest BCUT2D eigenvalue weighted by molar-refractivity contribution is -0.121. The molecule has 0 saturated heterocycles. The fraction of sp³-hybridized carbons (Fsp3) is 0.500. The third-order valence-corrected chi connectivity index (χ3v) is 1.35. The van der Waals surface area contributed by atoms with E-state index in [9.17, 15) is 4.79 Å². The molecule has 0 aliphatic rings. The second-order valence-electron chi connectivity index (χ2n) is 1.82. The minimum atomic E-state index is -0.511. The van der Waals surface area contributed by atoms with Crippen LogP contribution in [-0.4, -0.2) is 24.2 Å². The van der Waals surface area contributed by atoms with Crippen molar-refractivity contribution in [1.82, 2.24) is 5.32 Å². The summed E-state index contributed by atoms with van der Waals surface area (Å²) in [6, 6.07) is -0.511. The van der Waals surface area contributed by atoms with E-state index in [-0.39, 0.29) is 5.91 Å². The Morgan fingerprint density at radius 3 is 2.90 bits per heavy atom. The van der Waals surface area contributed by atoms with E-state index in [1.54, 1.807) is 6.08 Å². The van der Waals surface area contributed by atoms with Crippen LogP contribution in [0.1, 0.15) is 0 Å². The van der Waals surface area contributed by atoms with Gasteiger partial charge in [0.25, 0.3) is 0 Å². The van der Waals surface area contributed by atoms with Gasteiger partial charge in [-0.05, 0) is 0 Å². The summed E-state index contributed by atoms with van der Waals surface area (Å²) in [5.74, 6) is 0.179. The average Bonchev–Trinajstić information content (AvgIpc) is 1.98. The Labute approximate surface area is 66.1 Å². The Hall–Kier alpha value is -0.480. The molecule has 0 rings (SSSR count). The van der Waals surface area contributed by atoms with Crippen molar-refractivity contribution >= 4 is 18.5 Å². The summed E-state index contributed by atoms with van der Waals surface area (Å²) in [6.07, 6.45) is 1.60. The van der Waals surface area contributed by atoms with Crippen molar-refractivity contribution in [2.75, 3.05) is 12.3 Å². The summed E-state index contributed by atoms with van der Waals surface area (Å²) in [6.45, 7) is 3.90. The van der Waals surface area contributed by atoms with E-state index in [1.165, 1.54) is 0 Å².